The number of hydrogen-bond acceptors (Lipinski definition) is 2. The zero-order valence-corrected chi connectivity index (χ0v) is 10.6. The van der Waals surface area contributed by atoms with E-state index < -0.39 is 0 Å². The Bertz CT molecular complexity index is 424. The van der Waals surface area contributed by atoms with Crippen LogP contribution >= 0.6 is 0 Å². The third kappa shape index (κ3) is 2.98. The molecular weight excluding hydrogens is 236 g/mol. The van der Waals surface area contributed by atoms with Crippen LogP contribution in [0.3, 0.4) is 0 Å². The van der Waals surface area contributed by atoms with E-state index in [2.05, 4.69) is 24.3 Å². The first-order valence-electron chi connectivity index (χ1n) is 6.85. The van der Waals surface area contributed by atoms with Crippen LogP contribution in [0.15, 0.2) is 30.3 Å². The van der Waals surface area contributed by atoms with Crippen molar-refractivity contribution in [1.82, 2.24) is 4.90 Å². The van der Waals surface area contributed by atoms with Gasteiger partial charge in [-0.05, 0) is 30.7 Å². The van der Waals surface area contributed by atoms with Crippen molar-refractivity contribution in [1.29, 1.82) is 0 Å². The number of carbonyl (C=O) groups is 1. The molecule has 19 heavy (non-hydrogen) atoms. The van der Waals surface area contributed by atoms with Crippen LogP contribution in [0.25, 0.3) is 0 Å². The molecule has 0 unspecified atom stereocenters. The summed E-state index contributed by atoms with van der Waals surface area (Å²) in [6, 6.07) is 10.7. The largest absolute Gasteiger partial charge is 0.342 e. The van der Waals surface area contributed by atoms with Crippen LogP contribution in [-0.4, -0.2) is 29.9 Å². The van der Waals surface area contributed by atoms with Gasteiger partial charge < -0.3 is 10.6 Å². The Balaban J connectivity index is 0.00000133. The highest BCUT2D eigenvalue weighted by atomic mass is 16.2. The van der Waals surface area contributed by atoms with Crippen molar-refractivity contribution < 1.29 is 4.79 Å². The second-order valence-electron chi connectivity index (χ2n) is 5.52. The summed E-state index contributed by atoms with van der Waals surface area (Å²) >= 11 is 0. The molecule has 2 atom stereocenters. The van der Waals surface area contributed by atoms with Crippen LogP contribution in [0.2, 0.25) is 0 Å². The van der Waals surface area contributed by atoms with Crippen LogP contribution in [0.1, 0.15) is 38.2 Å². The van der Waals surface area contributed by atoms with E-state index in [0.717, 1.165) is 32.4 Å². The van der Waals surface area contributed by atoms with Crippen molar-refractivity contribution in [2.24, 2.45) is 11.7 Å². The van der Waals surface area contributed by atoms with Gasteiger partial charge >= 0.3 is 0 Å². The Morgan fingerprint density at radius 2 is 1.79 bits per heavy atom. The minimum atomic E-state index is 0. The SMILES string of the molecule is C.NC1CCN(C(=O)[C@@H]2C[C@H]2c2ccccc2)CC1. The predicted molar refractivity (Wildman–Crippen MR) is 77.8 cm³/mol. The number of hydrogen-bond donors (Lipinski definition) is 1. The number of benzene rings is 1. The van der Waals surface area contributed by atoms with E-state index in [1.54, 1.807) is 0 Å². The first kappa shape index (κ1) is 14.1. The monoisotopic (exact) mass is 260 g/mol. The molecule has 1 heterocycles. The summed E-state index contributed by atoms with van der Waals surface area (Å²) in [6.45, 7) is 1.69. The molecule has 2 aliphatic rings. The molecule has 0 spiro atoms. The standard InChI is InChI=1S/C15H20N2O.CH4/c16-12-6-8-17(9-7-12)15(18)14-10-13(14)11-4-2-1-3-5-11;/h1-5,12-14H,6-10,16H2;1H4/t13-,14+;/m0./s1. The molecule has 104 valence electrons. The third-order valence-corrected chi connectivity index (χ3v) is 4.19. The van der Waals surface area contributed by atoms with E-state index in [0.29, 0.717) is 11.8 Å². The van der Waals surface area contributed by atoms with Gasteiger partial charge in [0.05, 0.1) is 0 Å². The van der Waals surface area contributed by atoms with Crippen molar-refractivity contribution in [3.63, 3.8) is 0 Å². The number of rotatable bonds is 2. The Morgan fingerprint density at radius 1 is 1.16 bits per heavy atom. The normalized spacial score (nSPS) is 26.7. The van der Waals surface area contributed by atoms with E-state index >= 15 is 0 Å². The Hall–Kier alpha value is -1.35. The number of amides is 1. The molecule has 3 heteroatoms. The Morgan fingerprint density at radius 3 is 2.42 bits per heavy atom. The molecule has 1 amide bonds. The van der Waals surface area contributed by atoms with Gasteiger partial charge in [-0.25, -0.2) is 0 Å². The second kappa shape index (κ2) is 5.74. The van der Waals surface area contributed by atoms with Gasteiger partial charge in [-0.15, -0.1) is 0 Å². The molecule has 0 aromatic heterocycles. The maximum absolute atomic E-state index is 12.3. The maximum atomic E-state index is 12.3. The van der Waals surface area contributed by atoms with Gasteiger partial charge in [0.15, 0.2) is 0 Å². The average Bonchev–Trinajstić information content (AvgIpc) is 3.20. The van der Waals surface area contributed by atoms with Crippen molar-refractivity contribution >= 4 is 5.91 Å². The van der Waals surface area contributed by atoms with Crippen LogP contribution in [0, 0.1) is 5.92 Å². The third-order valence-electron chi connectivity index (χ3n) is 4.19. The van der Waals surface area contributed by atoms with E-state index in [9.17, 15) is 4.79 Å². The van der Waals surface area contributed by atoms with Crippen LogP contribution in [0.4, 0.5) is 0 Å². The van der Waals surface area contributed by atoms with E-state index in [1.165, 1.54) is 5.56 Å². The first-order chi connectivity index (χ1) is 8.75. The summed E-state index contributed by atoms with van der Waals surface area (Å²) in [7, 11) is 0. The number of nitrogens with zero attached hydrogens (tertiary/aromatic N) is 1. The molecular formula is C16H24N2O. The molecule has 1 aromatic rings. The zero-order valence-electron chi connectivity index (χ0n) is 10.6. The lowest BCUT2D eigenvalue weighted by molar-refractivity contribution is -0.133. The molecule has 2 fully saturated rings. The van der Waals surface area contributed by atoms with Gasteiger partial charge in [0.2, 0.25) is 5.91 Å². The highest BCUT2D eigenvalue weighted by Crippen LogP contribution is 2.48. The van der Waals surface area contributed by atoms with Crippen molar-refractivity contribution in [3.05, 3.63) is 35.9 Å². The lowest BCUT2D eigenvalue weighted by Crippen LogP contribution is -2.43. The van der Waals surface area contributed by atoms with Gasteiger partial charge in [0.1, 0.15) is 0 Å². The highest BCUT2D eigenvalue weighted by Gasteiger charge is 2.45. The minimum Gasteiger partial charge on any atom is -0.342 e. The van der Waals surface area contributed by atoms with Crippen molar-refractivity contribution in [2.45, 2.75) is 38.6 Å². The molecule has 1 aliphatic carbocycles. The van der Waals surface area contributed by atoms with E-state index in [1.807, 2.05) is 11.0 Å². The summed E-state index contributed by atoms with van der Waals surface area (Å²) < 4.78 is 0. The van der Waals surface area contributed by atoms with Gasteiger partial charge in [0, 0.05) is 25.0 Å². The lowest BCUT2D eigenvalue weighted by Gasteiger charge is -2.30. The average molecular weight is 260 g/mol. The fourth-order valence-corrected chi connectivity index (χ4v) is 2.89. The summed E-state index contributed by atoms with van der Waals surface area (Å²) in [6.07, 6.45) is 2.92. The molecule has 3 nitrogen and oxygen atoms in total. The summed E-state index contributed by atoms with van der Waals surface area (Å²) in [5, 5.41) is 0. The predicted octanol–water partition coefficient (Wildman–Crippen LogP) is 2.38. The topological polar surface area (TPSA) is 46.3 Å². The van der Waals surface area contributed by atoms with Crippen LogP contribution in [0.5, 0.6) is 0 Å². The van der Waals surface area contributed by atoms with E-state index in [4.69, 9.17) is 5.73 Å². The fourth-order valence-electron chi connectivity index (χ4n) is 2.89. The number of nitrogens with two attached hydrogens (primary N) is 1. The molecule has 0 bridgehead atoms. The molecule has 1 aromatic carbocycles. The molecule has 1 saturated carbocycles. The van der Waals surface area contributed by atoms with Gasteiger partial charge in [0.25, 0.3) is 0 Å². The van der Waals surface area contributed by atoms with Crippen molar-refractivity contribution in [3.8, 4) is 0 Å². The number of likely N-dealkylation sites (tertiary alicyclic amines) is 1. The Labute approximate surface area is 115 Å². The van der Waals surface area contributed by atoms with Crippen molar-refractivity contribution in [2.75, 3.05) is 13.1 Å². The smallest absolute Gasteiger partial charge is 0.226 e. The fraction of sp³-hybridized carbons (Fsp3) is 0.562. The molecule has 0 radical (unpaired) electrons. The zero-order chi connectivity index (χ0) is 12.5. The highest BCUT2D eigenvalue weighted by molar-refractivity contribution is 5.83. The Kier molecular flexibility index (Phi) is 4.25. The molecule has 1 saturated heterocycles. The molecule has 2 N–H and O–H groups in total. The van der Waals surface area contributed by atoms with Gasteiger partial charge in [-0.1, -0.05) is 37.8 Å². The summed E-state index contributed by atoms with van der Waals surface area (Å²) in [4.78, 5) is 14.3. The van der Waals surface area contributed by atoms with Gasteiger partial charge in [-0.3, -0.25) is 4.79 Å². The number of piperidine rings is 1. The summed E-state index contributed by atoms with van der Waals surface area (Å²) in [5.74, 6) is 1.02. The summed E-state index contributed by atoms with van der Waals surface area (Å²) in [5.41, 5.74) is 7.18. The second-order valence-corrected chi connectivity index (χ2v) is 5.52. The molecule has 3 rings (SSSR count). The lowest BCUT2D eigenvalue weighted by atomic mass is 10.0. The minimum absolute atomic E-state index is 0. The van der Waals surface area contributed by atoms with Crippen LogP contribution in [-0.2, 0) is 4.79 Å². The molecule has 1 aliphatic heterocycles. The quantitative estimate of drug-likeness (QED) is 0.887. The maximum Gasteiger partial charge on any atom is 0.226 e. The van der Waals surface area contributed by atoms with E-state index in [-0.39, 0.29) is 19.4 Å². The first-order valence-corrected chi connectivity index (χ1v) is 6.85. The van der Waals surface area contributed by atoms with Gasteiger partial charge in [-0.2, -0.15) is 0 Å². The van der Waals surface area contributed by atoms with Crippen LogP contribution < -0.4 is 5.73 Å². The number of carbonyl (C=O) groups excluding carboxylic acids is 1.